The molecule has 3 aromatic rings. The molecule has 0 spiro atoms. The molecule has 2 aromatic carbocycles. The van der Waals surface area contributed by atoms with Crippen molar-refractivity contribution < 1.29 is 9.53 Å². The first-order valence-corrected chi connectivity index (χ1v) is 9.07. The summed E-state index contributed by atoms with van der Waals surface area (Å²) >= 11 is 1.56. The number of anilines is 1. The SMILES string of the molecule is CCc1ccc(-c2nc(COC(=O)c3ccccc3NC)cs2)cc1. The van der Waals surface area contributed by atoms with E-state index in [0.717, 1.165) is 28.4 Å². The molecule has 3 rings (SSSR count). The van der Waals surface area contributed by atoms with E-state index in [1.165, 1.54) is 5.56 Å². The molecule has 0 saturated heterocycles. The fraction of sp³-hybridized carbons (Fsp3) is 0.200. The zero-order valence-corrected chi connectivity index (χ0v) is 15.1. The highest BCUT2D eigenvalue weighted by atomic mass is 32.1. The topological polar surface area (TPSA) is 51.2 Å². The summed E-state index contributed by atoms with van der Waals surface area (Å²) in [4.78, 5) is 16.8. The molecule has 0 aliphatic heterocycles. The van der Waals surface area contributed by atoms with Crippen molar-refractivity contribution in [1.82, 2.24) is 4.98 Å². The predicted octanol–water partition coefficient (Wildman–Crippen LogP) is 4.77. The summed E-state index contributed by atoms with van der Waals surface area (Å²) in [6.07, 6.45) is 1.02. The van der Waals surface area contributed by atoms with Crippen molar-refractivity contribution in [3.63, 3.8) is 0 Å². The molecule has 0 bridgehead atoms. The van der Waals surface area contributed by atoms with Crippen molar-refractivity contribution in [3.8, 4) is 10.6 Å². The maximum absolute atomic E-state index is 12.3. The molecule has 1 aromatic heterocycles. The second-order valence-electron chi connectivity index (χ2n) is 5.57. The van der Waals surface area contributed by atoms with Gasteiger partial charge < -0.3 is 10.1 Å². The first-order chi connectivity index (χ1) is 12.2. The van der Waals surface area contributed by atoms with Gasteiger partial charge in [-0.05, 0) is 24.1 Å². The van der Waals surface area contributed by atoms with Gasteiger partial charge in [0.05, 0.1) is 11.3 Å². The molecule has 0 aliphatic rings. The van der Waals surface area contributed by atoms with Gasteiger partial charge in [-0.25, -0.2) is 9.78 Å². The van der Waals surface area contributed by atoms with Gasteiger partial charge in [-0.3, -0.25) is 0 Å². The van der Waals surface area contributed by atoms with Crippen LogP contribution in [0.5, 0.6) is 0 Å². The Morgan fingerprint density at radius 3 is 2.64 bits per heavy atom. The van der Waals surface area contributed by atoms with Crippen LogP contribution in [0.3, 0.4) is 0 Å². The van der Waals surface area contributed by atoms with Gasteiger partial charge in [0.25, 0.3) is 0 Å². The van der Waals surface area contributed by atoms with E-state index in [1.807, 2.05) is 23.6 Å². The van der Waals surface area contributed by atoms with Gasteiger partial charge in [-0.15, -0.1) is 11.3 Å². The number of carbonyl (C=O) groups is 1. The van der Waals surface area contributed by atoms with Crippen LogP contribution in [0.1, 0.15) is 28.5 Å². The third kappa shape index (κ3) is 4.06. The fourth-order valence-electron chi connectivity index (χ4n) is 2.49. The van der Waals surface area contributed by atoms with E-state index in [1.54, 1.807) is 24.5 Å². The lowest BCUT2D eigenvalue weighted by molar-refractivity contribution is 0.0469. The first-order valence-electron chi connectivity index (χ1n) is 8.19. The number of aromatic nitrogens is 1. The molecule has 0 unspecified atom stereocenters. The predicted molar refractivity (Wildman–Crippen MR) is 102 cm³/mol. The number of nitrogens with one attached hydrogen (secondary N) is 1. The molecule has 0 saturated carbocycles. The second kappa shape index (κ2) is 7.94. The van der Waals surface area contributed by atoms with Gasteiger partial charge in [0.1, 0.15) is 11.6 Å². The number of ether oxygens (including phenoxy) is 1. The van der Waals surface area contributed by atoms with Crippen molar-refractivity contribution in [2.24, 2.45) is 0 Å². The number of thiazole rings is 1. The molecule has 4 nitrogen and oxygen atoms in total. The van der Waals surface area contributed by atoms with Crippen molar-refractivity contribution in [2.75, 3.05) is 12.4 Å². The fourth-order valence-corrected chi connectivity index (χ4v) is 3.30. The molecule has 5 heteroatoms. The van der Waals surface area contributed by atoms with E-state index in [2.05, 4.69) is 41.5 Å². The van der Waals surface area contributed by atoms with Crippen LogP contribution in [-0.4, -0.2) is 18.0 Å². The van der Waals surface area contributed by atoms with E-state index in [-0.39, 0.29) is 12.6 Å². The van der Waals surface area contributed by atoms with Gasteiger partial charge >= 0.3 is 5.97 Å². The zero-order valence-electron chi connectivity index (χ0n) is 14.3. The van der Waals surface area contributed by atoms with Crippen molar-refractivity contribution in [2.45, 2.75) is 20.0 Å². The second-order valence-corrected chi connectivity index (χ2v) is 6.42. The summed E-state index contributed by atoms with van der Waals surface area (Å²) in [5, 5.41) is 5.86. The van der Waals surface area contributed by atoms with Crippen molar-refractivity contribution in [1.29, 1.82) is 0 Å². The number of hydrogen-bond acceptors (Lipinski definition) is 5. The lowest BCUT2D eigenvalue weighted by atomic mass is 10.1. The summed E-state index contributed by atoms with van der Waals surface area (Å²) in [6.45, 7) is 2.30. The van der Waals surface area contributed by atoms with Crippen LogP contribution >= 0.6 is 11.3 Å². The summed E-state index contributed by atoms with van der Waals surface area (Å²) in [5.74, 6) is -0.355. The largest absolute Gasteiger partial charge is 0.455 e. The Morgan fingerprint density at radius 2 is 1.92 bits per heavy atom. The molecule has 0 aliphatic carbocycles. The average Bonchev–Trinajstić information content (AvgIpc) is 3.15. The van der Waals surface area contributed by atoms with Crippen LogP contribution in [0.2, 0.25) is 0 Å². The Hall–Kier alpha value is -2.66. The third-order valence-electron chi connectivity index (χ3n) is 3.93. The standard InChI is InChI=1S/C20H20N2O2S/c1-3-14-8-10-15(11-9-14)19-22-16(13-25-19)12-24-20(23)17-6-4-5-7-18(17)21-2/h4-11,13,21H,3,12H2,1-2H3. The summed E-state index contributed by atoms with van der Waals surface area (Å²) < 4.78 is 5.41. The van der Waals surface area contributed by atoms with Crippen LogP contribution in [0.15, 0.2) is 53.9 Å². The minimum Gasteiger partial charge on any atom is -0.455 e. The lowest BCUT2D eigenvalue weighted by Gasteiger charge is -2.08. The molecule has 0 atom stereocenters. The van der Waals surface area contributed by atoms with E-state index in [4.69, 9.17) is 4.74 Å². The molecular weight excluding hydrogens is 332 g/mol. The molecule has 25 heavy (non-hydrogen) atoms. The molecule has 0 radical (unpaired) electrons. The Kier molecular flexibility index (Phi) is 5.46. The molecule has 1 heterocycles. The molecule has 1 N–H and O–H groups in total. The van der Waals surface area contributed by atoms with Crippen LogP contribution in [0.25, 0.3) is 10.6 Å². The number of hydrogen-bond donors (Lipinski definition) is 1. The summed E-state index contributed by atoms with van der Waals surface area (Å²) in [6, 6.07) is 15.7. The number of carbonyl (C=O) groups excluding carboxylic acids is 1. The van der Waals surface area contributed by atoms with E-state index >= 15 is 0 Å². The van der Waals surface area contributed by atoms with E-state index < -0.39 is 0 Å². The highest BCUT2D eigenvalue weighted by molar-refractivity contribution is 7.13. The van der Waals surface area contributed by atoms with Crippen LogP contribution in [0.4, 0.5) is 5.69 Å². The lowest BCUT2D eigenvalue weighted by Crippen LogP contribution is -2.08. The number of nitrogens with zero attached hydrogens (tertiary/aromatic N) is 1. The Bertz CT molecular complexity index is 856. The minimum atomic E-state index is -0.355. The van der Waals surface area contributed by atoms with Crippen molar-refractivity contribution >= 4 is 23.0 Å². The number of rotatable bonds is 6. The van der Waals surface area contributed by atoms with Crippen LogP contribution in [-0.2, 0) is 17.8 Å². The third-order valence-corrected chi connectivity index (χ3v) is 4.87. The smallest absolute Gasteiger partial charge is 0.340 e. The molecular formula is C20H20N2O2S. The number of para-hydroxylation sites is 1. The quantitative estimate of drug-likeness (QED) is 0.649. The number of esters is 1. The highest BCUT2D eigenvalue weighted by Gasteiger charge is 2.13. The Balaban J connectivity index is 1.66. The van der Waals surface area contributed by atoms with Gasteiger partial charge in [0.2, 0.25) is 0 Å². The maximum atomic E-state index is 12.3. The molecule has 0 fully saturated rings. The Morgan fingerprint density at radius 1 is 1.16 bits per heavy atom. The molecule has 128 valence electrons. The van der Waals surface area contributed by atoms with Gasteiger partial charge in [0, 0.05) is 23.7 Å². The van der Waals surface area contributed by atoms with Crippen LogP contribution in [0, 0.1) is 0 Å². The summed E-state index contributed by atoms with van der Waals surface area (Å²) in [5.41, 5.74) is 4.42. The zero-order chi connectivity index (χ0) is 17.6. The van der Waals surface area contributed by atoms with Gasteiger partial charge in [0.15, 0.2) is 0 Å². The first kappa shape index (κ1) is 17.2. The van der Waals surface area contributed by atoms with Gasteiger partial charge in [-0.2, -0.15) is 0 Å². The maximum Gasteiger partial charge on any atom is 0.340 e. The average molecular weight is 352 g/mol. The van der Waals surface area contributed by atoms with Gasteiger partial charge in [-0.1, -0.05) is 43.3 Å². The number of aryl methyl sites for hydroxylation is 1. The minimum absolute atomic E-state index is 0.167. The Labute approximate surface area is 151 Å². The monoisotopic (exact) mass is 352 g/mol. The number of benzene rings is 2. The van der Waals surface area contributed by atoms with Crippen molar-refractivity contribution in [3.05, 3.63) is 70.7 Å². The molecule has 0 amide bonds. The van der Waals surface area contributed by atoms with E-state index in [9.17, 15) is 4.79 Å². The summed E-state index contributed by atoms with van der Waals surface area (Å²) in [7, 11) is 1.78. The van der Waals surface area contributed by atoms with E-state index in [0.29, 0.717) is 5.56 Å². The van der Waals surface area contributed by atoms with Crippen LogP contribution < -0.4 is 5.32 Å². The highest BCUT2D eigenvalue weighted by Crippen LogP contribution is 2.25. The normalized spacial score (nSPS) is 10.5.